The molecule has 0 radical (unpaired) electrons. The van der Waals surface area contributed by atoms with Crippen LogP contribution >= 0.6 is 0 Å². The van der Waals surface area contributed by atoms with Crippen LogP contribution in [-0.2, 0) is 11.3 Å². The number of benzene rings is 1. The Labute approximate surface area is 144 Å². The van der Waals surface area contributed by atoms with Gasteiger partial charge in [-0.2, -0.15) is 4.89 Å². The Hall–Kier alpha value is -1.50. The summed E-state index contributed by atoms with van der Waals surface area (Å²) >= 11 is 0. The van der Waals surface area contributed by atoms with E-state index in [1.807, 2.05) is 6.07 Å². The fourth-order valence-corrected chi connectivity index (χ4v) is 5.97. The highest BCUT2D eigenvalue weighted by molar-refractivity contribution is 5.42. The zero-order valence-electron chi connectivity index (χ0n) is 14.5. The molecule has 2 fully saturated rings. The quantitative estimate of drug-likeness (QED) is 0.512. The summed E-state index contributed by atoms with van der Waals surface area (Å²) in [5.74, 6) is 5.62. The highest BCUT2D eigenvalue weighted by atomic mass is 17.2. The van der Waals surface area contributed by atoms with Gasteiger partial charge in [0.05, 0.1) is 13.2 Å². The molecule has 0 amide bonds. The highest BCUT2D eigenvalue weighted by Crippen LogP contribution is 2.62. The molecule has 6 atom stereocenters. The molecule has 1 N–H and O–H groups in total. The number of aliphatic hydroxyl groups is 1. The van der Waals surface area contributed by atoms with Crippen molar-refractivity contribution in [2.75, 3.05) is 7.11 Å². The van der Waals surface area contributed by atoms with E-state index in [1.165, 1.54) is 18.2 Å². The fraction of sp³-hybridized carbons (Fsp3) is 0.619. The molecule has 0 aliphatic heterocycles. The molecule has 3 aliphatic rings. The van der Waals surface area contributed by atoms with Gasteiger partial charge >= 0.3 is 0 Å². The summed E-state index contributed by atoms with van der Waals surface area (Å²) in [6.45, 7) is 2.26. The number of aryl methyl sites for hydroxylation is 1. The first-order chi connectivity index (χ1) is 11.6. The van der Waals surface area contributed by atoms with E-state index in [0.29, 0.717) is 17.8 Å². The van der Waals surface area contributed by atoms with Gasteiger partial charge in [0.2, 0.25) is 0 Å². The first-order valence-electron chi connectivity index (χ1n) is 9.06. The Bertz CT molecular complexity index is 676. The normalized spacial score (nSPS) is 40.2. The average Bonchev–Trinajstić information content (AvgIpc) is 2.89. The summed E-state index contributed by atoms with van der Waals surface area (Å²) in [5, 5.41) is 10.6. The molecule has 24 heavy (non-hydrogen) atoms. The van der Waals surface area contributed by atoms with Crippen molar-refractivity contribution in [3.05, 3.63) is 29.3 Å². The van der Waals surface area contributed by atoms with Gasteiger partial charge < -0.3 is 9.99 Å². The van der Waals surface area contributed by atoms with E-state index in [-0.39, 0.29) is 17.4 Å². The van der Waals surface area contributed by atoms with E-state index in [0.717, 1.165) is 37.9 Å². The molecule has 4 rings (SSSR count). The molecule has 3 heteroatoms. The predicted molar refractivity (Wildman–Crippen MR) is 92.4 cm³/mol. The van der Waals surface area contributed by atoms with Gasteiger partial charge in [-0.3, -0.25) is 0 Å². The largest absolute Gasteiger partial charge is 0.393 e. The van der Waals surface area contributed by atoms with Crippen LogP contribution in [0.15, 0.2) is 18.2 Å². The second-order valence-corrected chi connectivity index (χ2v) is 8.02. The van der Waals surface area contributed by atoms with Gasteiger partial charge in [-0.05, 0) is 72.6 Å². The summed E-state index contributed by atoms with van der Waals surface area (Å²) in [7, 11) is 1.53. The van der Waals surface area contributed by atoms with Crippen LogP contribution in [0.4, 0.5) is 0 Å². The van der Waals surface area contributed by atoms with Gasteiger partial charge in [-0.1, -0.05) is 13.0 Å². The number of hydrogen-bond donors (Lipinski definition) is 1. The lowest BCUT2D eigenvalue weighted by Crippen LogP contribution is -2.47. The monoisotopic (exact) mass is 326 g/mol. The van der Waals surface area contributed by atoms with Crippen molar-refractivity contribution in [3.8, 4) is 18.1 Å². The van der Waals surface area contributed by atoms with Crippen LogP contribution in [0.2, 0.25) is 0 Å². The van der Waals surface area contributed by atoms with Gasteiger partial charge in [0.1, 0.15) is 0 Å². The maximum absolute atomic E-state index is 10.6. The smallest absolute Gasteiger partial charge is 0.165 e. The first-order valence-corrected chi connectivity index (χ1v) is 9.06. The molecule has 3 nitrogen and oxygen atoms in total. The predicted octanol–water partition coefficient (Wildman–Crippen LogP) is 3.70. The Morgan fingerprint density at radius 1 is 1.29 bits per heavy atom. The summed E-state index contributed by atoms with van der Waals surface area (Å²) < 4.78 is 0. The van der Waals surface area contributed by atoms with Crippen LogP contribution in [0.5, 0.6) is 5.75 Å². The molecule has 0 bridgehead atoms. The van der Waals surface area contributed by atoms with E-state index in [2.05, 4.69) is 25.0 Å². The van der Waals surface area contributed by atoms with Crippen LogP contribution < -0.4 is 4.89 Å². The van der Waals surface area contributed by atoms with Crippen LogP contribution in [0.3, 0.4) is 0 Å². The molecule has 0 heterocycles. The van der Waals surface area contributed by atoms with E-state index in [1.54, 1.807) is 0 Å². The van der Waals surface area contributed by atoms with Crippen molar-refractivity contribution >= 4 is 0 Å². The second kappa shape index (κ2) is 5.79. The van der Waals surface area contributed by atoms with Crippen LogP contribution in [-0.4, -0.2) is 18.3 Å². The van der Waals surface area contributed by atoms with Crippen molar-refractivity contribution in [2.24, 2.45) is 23.2 Å². The zero-order valence-corrected chi connectivity index (χ0v) is 14.5. The number of rotatable bonds is 2. The fourth-order valence-electron chi connectivity index (χ4n) is 5.97. The minimum Gasteiger partial charge on any atom is -0.393 e. The molecule has 0 unspecified atom stereocenters. The Kier molecular flexibility index (Phi) is 3.86. The standard InChI is InChI=1S/C21H26O3/c1-4-13-12-21(2)18(9-10-19(21)22)17-7-5-14-11-15(24-23-3)6-8-16(14)20(13)17/h1,6,8,11,13,17-20,22H,5,7,9-10,12H2,2-3H3/t13-,17-,18-,19+,20+,21-/m0/s1. The molecule has 1 aromatic rings. The summed E-state index contributed by atoms with van der Waals surface area (Å²) in [6.07, 6.45) is 11.0. The van der Waals surface area contributed by atoms with E-state index in [9.17, 15) is 5.11 Å². The lowest BCUT2D eigenvalue weighted by atomic mass is 9.52. The highest BCUT2D eigenvalue weighted by Gasteiger charge is 2.57. The SMILES string of the molecule is C#C[C@H]1C[C@]2(C)[C@H](O)CC[C@H]2[C@@H]2CCc3cc(OOC)ccc3[C@H]21. The maximum atomic E-state index is 10.6. The van der Waals surface area contributed by atoms with E-state index < -0.39 is 0 Å². The number of aliphatic hydroxyl groups excluding tert-OH is 1. The molecule has 0 aromatic heterocycles. The van der Waals surface area contributed by atoms with Gasteiger partial charge in [0.15, 0.2) is 5.75 Å². The van der Waals surface area contributed by atoms with E-state index >= 15 is 0 Å². The molecule has 1 aromatic carbocycles. The number of fused-ring (bicyclic) bond motifs is 5. The van der Waals surface area contributed by atoms with Crippen molar-refractivity contribution in [3.63, 3.8) is 0 Å². The maximum Gasteiger partial charge on any atom is 0.165 e. The molecule has 2 saturated carbocycles. The third kappa shape index (κ3) is 2.20. The van der Waals surface area contributed by atoms with Crippen molar-refractivity contribution in [1.29, 1.82) is 0 Å². The third-order valence-corrected chi connectivity index (χ3v) is 7.04. The number of terminal acetylenes is 1. The molecule has 0 spiro atoms. The third-order valence-electron chi connectivity index (χ3n) is 7.04. The van der Waals surface area contributed by atoms with Gasteiger partial charge in [-0.25, -0.2) is 0 Å². The van der Waals surface area contributed by atoms with E-state index in [4.69, 9.17) is 16.2 Å². The second-order valence-electron chi connectivity index (χ2n) is 8.02. The minimum absolute atomic E-state index is 0.00515. The van der Waals surface area contributed by atoms with Crippen LogP contribution in [0, 0.1) is 35.5 Å². The summed E-state index contributed by atoms with van der Waals surface area (Å²) in [4.78, 5) is 9.98. The molecule has 3 aliphatic carbocycles. The average molecular weight is 326 g/mol. The van der Waals surface area contributed by atoms with Crippen molar-refractivity contribution in [2.45, 2.75) is 51.0 Å². The van der Waals surface area contributed by atoms with Gasteiger partial charge in [0, 0.05) is 11.8 Å². The van der Waals surface area contributed by atoms with Crippen molar-refractivity contribution in [1.82, 2.24) is 0 Å². The molecule has 0 saturated heterocycles. The molecule has 128 valence electrons. The Morgan fingerprint density at radius 2 is 2.12 bits per heavy atom. The van der Waals surface area contributed by atoms with Gasteiger partial charge in [-0.15, -0.1) is 12.3 Å². The molecular formula is C21H26O3. The lowest BCUT2D eigenvalue weighted by Gasteiger charge is -2.52. The van der Waals surface area contributed by atoms with Crippen molar-refractivity contribution < 1.29 is 14.9 Å². The zero-order chi connectivity index (χ0) is 16.9. The lowest BCUT2D eigenvalue weighted by molar-refractivity contribution is -0.178. The first kappa shape index (κ1) is 16.0. The van der Waals surface area contributed by atoms with Crippen LogP contribution in [0.25, 0.3) is 0 Å². The summed E-state index contributed by atoms with van der Waals surface area (Å²) in [5.41, 5.74) is 2.73. The molecular weight excluding hydrogens is 300 g/mol. The van der Waals surface area contributed by atoms with Gasteiger partial charge in [0.25, 0.3) is 0 Å². The summed E-state index contributed by atoms with van der Waals surface area (Å²) in [6, 6.07) is 6.26. The minimum atomic E-state index is -0.196. The Balaban J connectivity index is 1.73. The topological polar surface area (TPSA) is 38.7 Å². The number of hydrogen-bond acceptors (Lipinski definition) is 3. The Morgan fingerprint density at radius 3 is 2.88 bits per heavy atom. The van der Waals surface area contributed by atoms with Crippen LogP contribution in [0.1, 0.15) is 49.7 Å².